The van der Waals surface area contributed by atoms with Crippen molar-refractivity contribution >= 4 is 55.1 Å². The molecular weight excluding hydrogens is 432 g/mol. The molecule has 1 amide bonds. The topological polar surface area (TPSA) is 41.6 Å². The summed E-state index contributed by atoms with van der Waals surface area (Å²) in [5, 5.41) is 3.25. The van der Waals surface area contributed by atoms with Gasteiger partial charge >= 0.3 is 0 Å². The molecule has 0 spiro atoms. The van der Waals surface area contributed by atoms with Crippen LogP contribution in [0.4, 0.5) is 0 Å². The number of halogens is 2. The fourth-order valence-electron chi connectivity index (χ4n) is 2.24. The molecule has 0 atom stereocenters. The second-order valence-corrected chi connectivity index (χ2v) is 7.27. The minimum absolute atomic E-state index is 0.0613. The van der Waals surface area contributed by atoms with Crippen molar-refractivity contribution in [1.29, 1.82) is 0 Å². The zero-order valence-electron chi connectivity index (χ0n) is 12.1. The van der Waals surface area contributed by atoms with Gasteiger partial charge in [-0.1, -0.05) is 28.8 Å². The first-order chi connectivity index (χ1) is 10.6. The first-order valence-corrected chi connectivity index (χ1v) is 9.22. The van der Waals surface area contributed by atoms with Crippen molar-refractivity contribution in [3.05, 3.63) is 27.1 Å². The average Bonchev–Trinajstić information content (AvgIpc) is 2.75. The Labute approximate surface area is 152 Å². The molecule has 0 saturated carbocycles. The van der Waals surface area contributed by atoms with E-state index in [9.17, 15) is 4.79 Å². The first kappa shape index (κ1) is 17.7. The summed E-state index contributed by atoms with van der Waals surface area (Å²) in [7, 11) is 0. The number of rotatable bonds is 3. The van der Waals surface area contributed by atoms with Crippen molar-refractivity contribution in [2.24, 2.45) is 0 Å². The predicted molar refractivity (Wildman–Crippen MR) is 98.1 cm³/mol. The molecule has 7 heteroatoms. The highest BCUT2D eigenvalue weighted by Gasteiger charge is 2.15. The summed E-state index contributed by atoms with van der Waals surface area (Å²) < 4.78 is 7.25. The number of carbonyl (C=O) groups excluding carboxylic acids is 1. The Hall–Kier alpha value is -0.660. The third-order valence-corrected chi connectivity index (χ3v) is 4.87. The molecule has 0 bridgehead atoms. The Bertz CT molecular complexity index is 546. The highest BCUT2D eigenvalue weighted by Crippen LogP contribution is 2.28. The van der Waals surface area contributed by atoms with Crippen LogP contribution in [0.5, 0.6) is 5.75 Å². The Kier molecular flexibility index (Phi) is 7.11. The summed E-state index contributed by atoms with van der Waals surface area (Å²) >= 11 is 12.1. The van der Waals surface area contributed by atoms with Gasteiger partial charge in [-0.05, 0) is 59.2 Å². The van der Waals surface area contributed by atoms with Crippen LogP contribution < -0.4 is 10.1 Å². The van der Waals surface area contributed by atoms with Gasteiger partial charge in [0.15, 0.2) is 11.7 Å². The average molecular weight is 450 g/mol. The Morgan fingerprint density at radius 2 is 1.91 bits per heavy atom. The lowest BCUT2D eigenvalue weighted by atomic mass is 10.2. The molecule has 0 unspecified atom stereocenters. The van der Waals surface area contributed by atoms with Gasteiger partial charge in [0.1, 0.15) is 5.75 Å². The van der Waals surface area contributed by atoms with E-state index in [1.165, 1.54) is 12.8 Å². The zero-order valence-corrected chi connectivity index (χ0v) is 16.1. The van der Waals surface area contributed by atoms with Crippen LogP contribution >= 0.6 is 44.1 Å². The molecule has 0 aliphatic carbocycles. The third-order valence-electron chi connectivity index (χ3n) is 3.39. The van der Waals surface area contributed by atoms with Crippen LogP contribution in [0, 0.1) is 0 Å². The lowest BCUT2D eigenvalue weighted by molar-refractivity contribution is -0.121. The summed E-state index contributed by atoms with van der Waals surface area (Å²) in [6, 6.07) is 5.53. The summed E-state index contributed by atoms with van der Waals surface area (Å²) in [5.41, 5.74) is 0. The van der Waals surface area contributed by atoms with E-state index in [2.05, 4.69) is 42.1 Å². The van der Waals surface area contributed by atoms with Crippen molar-refractivity contribution in [2.45, 2.75) is 25.7 Å². The molecule has 1 aromatic rings. The molecule has 4 nitrogen and oxygen atoms in total. The van der Waals surface area contributed by atoms with Gasteiger partial charge in [0, 0.05) is 17.6 Å². The number of nitrogens with zero attached hydrogens (tertiary/aromatic N) is 1. The van der Waals surface area contributed by atoms with E-state index in [1.807, 2.05) is 12.1 Å². The molecule has 1 fully saturated rings. The van der Waals surface area contributed by atoms with E-state index in [0.29, 0.717) is 10.9 Å². The van der Waals surface area contributed by atoms with Gasteiger partial charge in [0.05, 0.1) is 4.47 Å². The Balaban J connectivity index is 1.80. The fraction of sp³-hybridized carbons (Fsp3) is 0.467. The zero-order chi connectivity index (χ0) is 15.9. The molecule has 1 saturated heterocycles. The monoisotopic (exact) mass is 448 g/mol. The van der Waals surface area contributed by atoms with Gasteiger partial charge in [-0.25, -0.2) is 0 Å². The van der Waals surface area contributed by atoms with Crippen LogP contribution in [0.1, 0.15) is 25.7 Å². The number of thiocarbonyl (C=S) groups is 1. The summed E-state index contributed by atoms with van der Waals surface area (Å²) in [6.07, 6.45) is 4.71. The summed E-state index contributed by atoms with van der Waals surface area (Å²) in [5.74, 6) is 0.392. The van der Waals surface area contributed by atoms with Gasteiger partial charge in [-0.2, -0.15) is 0 Å². The number of hydrogen-bond donors (Lipinski definition) is 1. The number of nitrogens with one attached hydrogen (secondary N) is 1. The summed E-state index contributed by atoms with van der Waals surface area (Å²) in [4.78, 5) is 14.0. The van der Waals surface area contributed by atoms with E-state index < -0.39 is 0 Å². The Morgan fingerprint density at radius 3 is 2.55 bits per heavy atom. The SMILES string of the molecule is O=C(COc1ccc(Br)cc1Br)NC(=S)N1CCCCCC1. The molecular formula is C15H18Br2N2O2S. The normalized spacial score (nSPS) is 15.1. The highest BCUT2D eigenvalue weighted by molar-refractivity contribution is 9.11. The van der Waals surface area contributed by atoms with Gasteiger partial charge < -0.3 is 15.0 Å². The molecule has 22 heavy (non-hydrogen) atoms. The van der Waals surface area contributed by atoms with E-state index in [4.69, 9.17) is 17.0 Å². The number of hydrogen-bond acceptors (Lipinski definition) is 3. The van der Waals surface area contributed by atoms with E-state index in [-0.39, 0.29) is 12.5 Å². The van der Waals surface area contributed by atoms with Crippen LogP contribution in [-0.4, -0.2) is 35.6 Å². The number of carbonyl (C=O) groups is 1. The molecule has 1 N–H and O–H groups in total. The number of likely N-dealkylation sites (tertiary alicyclic amines) is 1. The molecule has 120 valence electrons. The van der Waals surface area contributed by atoms with Gasteiger partial charge in [0.25, 0.3) is 5.91 Å². The minimum Gasteiger partial charge on any atom is -0.483 e. The van der Waals surface area contributed by atoms with Crippen molar-refractivity contribution in [2.75, 3.05) is 19.7 Å². The smallest absolute Gasteiger partial charge is 0.264 e. The van der Waals surface area contributed by atoms with Gasteiger partial charge in [-0.3, -0.25) is 4.79 Å². The standard InChI is InChI=1S/C15H18Br2N2O2S/c16-11-5-6-13(12(17)9-11)21-10-14(20)18-15(22)19-7-3-1-2-4-8-19/h5-6,9H,1-4,7-8,10H2,(H,18,20,22). The van der Waals surface area contributed by atoms with Crippen LogP contribution in [0.2, 0.25) is 0 Å². The van der Waals surface area contributed by atoms with Crippen LogP contribution in [0.3, 0.4) is 0 Å². The molecule has 1 aromatic carbocycles. The van der Waals surface area contributed by atoms with E-state index in [0.717, 1.165) is 34.9 Å². The maximum absolute atomic E-state index is 12.0. The van der Waals surface area contributed by atoms with Crippen LogP contribution in [-0.2, 0) is 4.79 Å². The second-order valence-electron chi connectivity index (χ2n) is 5.12. The van der Waals surface area contributed by atoms with Crippen LogP contribution in [0.25, 0.3) is 0 Å². The molecule has 1 aliphatic heterocycles. The van der Waals surface area contributed by atoms with Crippen molar-refractivity contribution in [1.82, 2.24) is 10.2 Å². The number of amides is 1. The van der Waals surface area contributed by atoms with Gasteiger partial charge in [-0.15, -0.1) is 0 Å². The largest absolute Gasteiger partial charge is 0.483 e. The molecule has 1 aliphatic rings. The molecule has 1 heterocycles. The lowest BCUT2D eigenvalue weighted by Gasteiger charge is -2.23. The molecule has 0 aromatic heterocycles. The van der Waals surface area contributed by atoms with Crippen molar-refractivity contribution < 1.29 is 9.53 Å². The Morgan fingerprint density at radius 1 is 1.23 bits per heavy atom. The molecule has 0 radical (unpaired) electrons. The number of benzene rings is 1. The predicted octanol–water partition coefficient (Wildman–Crippen LogP) is 3.87. The minimum atomic E-state index is -0.232. The maximum atomic E-state index is 12.0. The highest BCUT2D eigenvalue weighted by atomic mass is 79.9. The van der Waals surface area contributed by atoms with Gasteiger partial charge in [0.2, 0.25) is 0 Å². The van der Waals surface area contributed by atoms with Crippen molar-refractivity contribution in [3.8, 4) is 5.75 Å². The fourth-order valence-corrected chi connectivity index (χ4v) is 3.70. The first-order valence-electron chi connectivity index (χ1n) is 7.23. The lowest BCUT2D eigenvalue weighted by Crippen LogP contribution is -2.44. The molecule has 2 rings (SSSR count). The summed E-state index contributed by atoms with van der Waals surface area (Å²) in [6.45, 7) is 1.77. The van der Waals surface area contributed by atoms with E-state index in [1.54, 1.807) is 6.07 Å². The maximum Gasteiger partial charge on any atom is 0.264 e. The third kappa shape index (κ3) is 5.52. The quantitative estimate of drug-likeness (QED) is 0.711. The number of ether oxygens (including phenoxy) is 1. The van der Waals surface area contributed by atoms with E-state index >= 15 is 0 Å². The van der Waals surface area contributed by atoms with Crippen molar-refractivity contribution in [3.63, 3.8) is 0 Å². The van der Waals surface area contributed by atoms with Crippen LogP contribution in [0.15, 0.2) is 27.1 Å². The second kappa shape index (κ2) is 8.84.